The first-order chi connectivity index (χ1) is 15.0. The molecule has 2 aromatic carbocycles. The molecule has 7 nitrogen and oxygen atoms in total. The standard InChI is InChI=1S/C23H19ClN2O5/c1-3-30-22(28)20-16(11-27)14-7-5-12(9-17(14)25-20)19-15-8-6-13(24)10-18(15)26-21(19)23(29)31-4-2/h5-11,25-26H,3-4H2,1-2H3. The molecule has 0 amide bonds. The molecule has 0 saturated heterocycles. The molecular weight excluding hydrogens is 420 g/mol. The Balaban J connectivity index is 1.94. The Labute approximate surface area is 182 Å². The summed E-state index contributed by atoms with van der Waals surface area (Å²) in [5.74, 6) is -1.09. The van der Waals surface area contributed by atoms with E-state index in [0.29, 0.717) is 44.5 Å². The minimum absolute atomic E-state index is 0.0975. The van der Waals surface area contributed by atoms with Gasteiger partial charge in [-0.3, -0.25) is 4.79 Å². The monoisotopic (exact) mass is 438 g/mol. The first kappa shape index (κ1) is 20.7. The zero-order valence-electron chi connectivity index (χ0n) is 16.9. The van der Waals surface area contributed by atoms with Gasteiger partial charge in [0.2, 0.25) is 0 Å². The number of hydrogen-bond donors (Lipinski definition) is 2. The van der Waals surface area contributed by atoms with Crippen molar-refractivity contribution < 1.29 is 23.9 Å². The van der Waals surface area contributed by atoms with E-state index < -0.39 is 11.9 Å². The molecule has 0 aliphatic heterocycles. The summed E-state index contributed by atoms with van der Waals surface area (Å²) >= 11 is 6.12. The minimum atomic E-state index is -0.601. The zero-order chi connectivity index (χ0) is 22.1. The van der Waals surface area contributed by atoms with Gasteiger partial charge in [0.15, 0.2) is 6.29 Å². The van der Waals surface area contributed by atoms with Crippen molar-refractivity contribution in [1.82, 2.24) is 9.97 Å². The fourth-order valence-electron chi connectivity index (χ4n) is 3.69. The molecule has 4 aromatic rings. The van der Waals surface area contributed by atoms with Gasteiger partial charge in [-0.1, -0.05) is 29.8 Å². The van der Waals surface area contributed by atoms with Crippen LogP contribution in [0, 0.1) is 0 Å². The van der Waals surface area contributed by atoms with Crippen molar-refractivity contribution in [3.63, 3.8) is 0 Å². The van der Waals surface area contributed by atoms with Crippen LogP contribution in [0.3, 0.4) is 0 Å². The van der Waals surface area contributed by atoms with Gasteiger partial charge in [0, 0.05) is 32.4 Å². The normalized spacial score (nSPS) is 11.1. The average Bonchev–Trinajstić information content (AvgIpc) is 3.31. The van der Waals surface area contributed by atoms with Crippen molar-refractivity contribution in [3.8, 4) is 11.1 Å². The van der Waals surface area contributed by atoms with Crippen molar-refractivity contribution in [2.24, 2.45) is 0 Å². The van der Waals surface area contributed by atoms with Crippen molar-refractivity contribution in [2.45, 2.75) is 13.8 Å². The lowest BCUT2D eigenvalue weighted by Crippen LogP contribution is -2.07. The van der Waals surface area contributed by atoms with Crippen molar-refractivity contribution in [2.75, 3.05) is 13.2 Å². The Morgan fingerprint density at radius 3 is 2.19 bits per heavy atom. The van der Waals surface area contributed by atoms with Crippen molar-refractivity contribution in [1.29, 1.82) is 0 Å². The van der Waals surface area contributed by atoms with E-state index in [0.717, 1.165) is 5.39 Å². The maximum Gasteiger partial charge on any atom is 0.355 e. The molecule has 2 heterocycles. The fraction of sp³-hybridized carbons (Fsp3) is 0.174. The molecule has 0 saturated carbocycles. The van der Waals surface area contributed by atoms with Gasteiger partial charge in [-0.05, 0) is 37.6 Å². The van der Waals surface area contributed by atoms with Crippen LogP contribution in [0.15, 0.2) is 36.4 Å². The van der Waals surface area contributed by atoms with Gasteiger partial charge in [0.25, 0.3) is 0 Å². The summed E-state index contributed by atoms with van der Waals surface area (Å²) in [5.41, 5.74) is 3.24. The largest absolute Gasteiger partial charge is 0.461 e. The molecule has 0 spiro atoms. The summed E-state index contributed by atoms with van der Waals surface area (Å²) in [7, 11) is 0. The Bertz CT molecular complexity index is 1330. The maximum atomic E-state index is 12.6. The van der Waals surface area contributed by atoms with Crippen LogP contribution in [0.4, 0.5) is 0 Å². The first-order valence-corrected chi connectivity index (χ1v) is 10.1. The molecule has 0 bridgehead atoms. The van der Waals surface area contributed by atoms with E-state index in [-0.39, 0.29) is 24.5 Å². The van der Waals surface area contributed by atoms with E-state index >= 15 is 0 Å². The van der Waals surface area contributed by atoms with Crippen LogP contribution in [-0.4, -0.2) is 41.4 Å². The molecule has 8 heteroatoms. The average molecular weight is 439 g/mol. The molecule has 0 aliphatic rings. The summed E-state index contributed by atoms with van der Waals surface area (Å²) in [6, 6.07) is 10.6. The molecule has 0 fully saturated rings. The van der Waals surface area contributed by atoms with Crippen molar-refractivity contribution >= 4 is 51.6 Å². The molecule has 4 rings (SSSR count). The van der Waals surface area contributed by atoms with Crippen LogP contribution in [0.1, 0.15) is 45.2 Å². The quantitative estimate of drug-likeness (QED) is 0.321. The lowest BCUT2D eigenvalue weighted by atomic mass is 10.00. The van der Waals surface area contributed by atoms with E-state index in [4.69, 9.17) is 21.1 Å². The minimum Gasteiger partial charge on any atom is -0.461 e. The third-order valence-electron chi connectivity index (χ3n) is 4.97. The Hall–Kier alpha value is -3.58. The Morgan fingerprint density at radius 1 is 0.903 bits per heavy atom. The second-order valence-corrected chi connectivity index (χ2v) is 7.23. The van der Waals surface area contributed by atoms with Gasteiger partial charge in [0.1, 0.15) is 11.4 Å². The summed E-state index contributed by atoms with van der Waals surface area (Å²) < 4.78 is 10.3. The number of halogens is 1. The van der Waals surface area contributed by atoms with Crippen molar-refractivity contribution in [3.05, 3.63) is 58.4 Å². The third kappa shape index (κ3) is 3.57. The molecule has 2 aromatic heterocycles. The molecule has 0 radical (unpaired) electrons. The van der Waals surface area contributed by atoms with Crippen LogP contribution in [-0.2, 0) is 9.47 Å². The summed E-state index contributed by atoms with van der Waals surface area (Å²) in [4.78, 5) is 42.6. The Kier molecular flexibility index (Phi) is 5.52. The number of fused-ring (bicyclic) bond motifs is 2. The predicted octanol–water partition coefficient (Wildman–Crippen LogP) is 5.14. The van der Waals surface area contributed by atoms with Gasteiger partial charge in [-0.15, -0.1) is 0 Å². The molecule has 0 aliphatic carbocycles. The fourth-order valence-corrected chi connectivity index (χ4v) is 3.86. The van der Waals surface area contributed by atoms with Crippen LogP contribution >= 0.6 is 11.6 Å². The number of benzene rings is 2. The number of aldehydes is 1. The summed E-state index contributed by atoms with van der Waals surface area (Å²) in [6.45, 7) is 3.85. The number of ether oxygens (including phenoxy) is 2. The van der Waals surface area contributed by atoms with Gasteiger partial charge >= 0.3 is 11.9 Å². The second-order valence-electron chi connectivity index (χ2n) is 6.80. The zero-order valence-corrected chi connectivity index (χ0v) is 17.6. The highest BCUT2D eigenvalue weighted by Gasteiger charge is 2.23. The van der Waals surface area contributed by atoms with Gasteiger partial charge < -0.3 is 19.4 Å². The molecule has 0 unspecified atom stereocenters. The van der Waals surface area contributed by atoms with E-state index in [9.17, 15) is 14.4 Å². The Morgan fingerprint density at radius 2 is 1.52 bits per heavy atom. The predicted molar refractivity (Wildman–Crippen MR) is 118 cm³/mol. The molecule has 31 heavy (non-hydrogen) atoms. The summed E-state index contributed by atoms with van der Waals surface area (Å²) in [6.07, 6.45) is 0.627. The van der Waals surface area contributed by atoms with E-state index in [2.05, 4.69) is 9.97 Å². The molecular formula is C23H19ClN2O5. The number of rotatable bonds is 6. The van der Waals surface area contributed by atoms with E-state index in [1.54, 1.807) is 44.2 Å². The highest BCUT2D eigenvalue weighted by Crippen LogP contribution is 2.36. The SMILES string of the molecule is CCOC(=O)c1[nH]c2cc(-c3c(C(=O)OCC)[nH]c4cc(Cl)ccc34)ccc2c1C=O. The van der Waals surface area contributed by atoms with E-state index in [1.165, 1.54) is 0 Å². The number of carbonyl (C=O) groups is 3. The topological polar surface area (TPSA) is 101 Å². The number of aromatic nitrogens is 2. The van der Waals surface area contributed by atoms with E-state index in [1.807, 2.05) is 6.07 Å². The number of H-pyrrole nitrogens is 2. The van der Waals surface area contributed by atoms with Gasteiger partial charge in [-0.2, -0.15) is 0 Å². The van der Waals surface area contributed by atoms with Crippen LogP contribution in [0.5, 0.6) is 0 Å². The highest BCUT2D eigenvalue weighted by atomic mass is 35.5. The lowest BCUT2D eigenvalue weighted by Gasteiger charge is -2.06. The van der Waals surface area contributed by atoms with Crippen LogP contribution < -0.4 is 0 Å². The molecule has 2 N–H and O–H groups in total. The second kappa shape index (κ2) is 8.28. The number of carbonyl (C=O) groups excluding carboxylic acids is 3. The molecule has 0 atom stereocenters. The van der Waals surface area contributed by atoms with Gasteiger partial charge in [-0.25, -0.2) is 9.59 Å². The first-order valence-electron chi connectivity index (χ1n) is 9.75. The van der Waals surface area contributed by atoms with Crippen LogP contribution in [0.25, 0.3) is 32.9 Å². The smallest absolute Gasteiger partial charge is 0.355 e. The number of nitrogens with one attached hydrogen (secondary N) is 2. The molecule has 158 valence electrons. The van der Waals surface area contributed by atoms with Gasteiger partial charge in [0.05, 0.1) is 18.8 Å². The number of esters is 2. The lowest BCUT2D eigenvalue weighted by molar-refractivity contribution is 0.0511. The third-order valence-corrected chi connectivity index (χ3v) is 5.20. The van der Waals surface area contributed by atoms with Crippen LogP contribution in [0.2, 0.25) is 5.02 Å². The number of hydrogen-bond acceptors (Lipinski definition) is 5. The maximum absolute atomic E-state index is 12.6. The number of aromatic amines is 2. The highest BCUT2D eigenvalue weighted by molar-refractivity contribution is 6.31. The summed E-state index contributed by atoms with van der Waals surface area (Å²) in [5, 5.41) is 1.91.